The van der Waals surface area contributed by atoms with Crippen LogP contribution < -0.4 is 0 Å². The molecule has 4 aliphatic rings. The van der Waals surface area contributed by atoms with E-state index in [0.29, 0.717) is 0 Å². The van der Waals surface area contributed by atoms with Gasteiger partial charge in [0.25, 0.3) is 0 Å². The standard InChI is InChI=1S/C12H19O.Re.Rf/c1-8(13)12-5-9-2-10(6-12)4-11(3-9)7-12;;/h9-11,13H,2-7H2,1H3;;/q-1;;. The molecule has 83 valence electrons. The molecular formula is C12H19OReRf-. The average Bonchev–Trinajstić information content (AvgIpc) is 2.00. The fourth-order valence-electron chi connectivity index (χ4n) is 4.55. The normalized spacial score (nSPS) is 46.2. The number of aliphatic hydroxyl groups excluding tert-OH is 1. The fourth-order valence-corrected chi connectivity index (χ4v) is 4.55. The van der Waals surface area contributed by atoms with Crippen molar-refractivity contribution in [3.05, 3.63) is 6.10 Å². The summed E-state index contributed by atoms with van der Waals surface area (Å²) < 4.78 is 0. The van der Waals surface area contributed by atoms with Gasteiger partial charge < -0.3 is 5.11 Å². The van der Waals surface area contributed by atoms with E-state index < -0.39 is 0 Å². The van der Waals surface area contributed by atoms with Crippen molar-refractivity contribution in [2.24, 2.45) is 23.2 Å². The first-order valence-electron chi connectivity index (χ1n) is 5.71. The molecule has 4 bridgehead atoms. The van der Waals surface area contributed by atoms with Gasteiger partial charge in [-0.2, -0.15) is 13.0 Å². The van der Waals surface area contributed by atoms with Crippen LogP contribution in [0, 0.1) is 29.3 Å². The Morgan fingerprint density at radius 1 is 1.00 bits per heavy atom. The molecule has 0 aromatic carbocycles. The molecule has 4 rings (SSSR count). The Morgan fingerprint density at radius 2 is 1.33 bits per heavy atom. The van der Waals surface area contributed by atoms with Crippen molar-refractivity contribution >= 4 is 0 Å². The minimum absolute atomic E-state index is 0. The Balaban J connectivity index is 0.000000562. The Hall–Kier alpha value is -0.378. The quantitative estimate of drug-likeness (QED) is 0.441. The third-order valence-corrected chi connectivity index (χ3v) is 4.81. The van der Waals surface area contributed by atoms with Gasteiger partial charge in [-0.25, -0.2) is 0 Å². The molecular weight excluding hydrogens is 613 g/mol. The van der Waals surface area contributed by atoms with Crippen LogP contribution in [-0.2, 0) is 20.4 Å². The van der Waals surface area contributed by atoms with Gasteiger partial charge in [-0.1, -0.05) is 19.3 Å². The van der Waals surface area contributed by atoms with Crippen LogP contribution in [-0.4, -0.2) is 5.11 Å². The zero-order valence-corrected chi connectivity index (χ0v) is 18.6. The van der Waals surface area contributed by atoms with Crippen LogP contribution >= 0.6 is 0 Å². The maximum atomic E-state index is 9.83. The predicted molar refractivity (Wildman–Crippen MR) is 51.5 cm³/mol. The summed E-state index contributed by atoms with van der Waals surface area (Å²) in [5.41, 5.74) is 0.273. The first kappa shape index (κ1) is 12.7. The van der Waals surface area contributed by atoms with Gasteiger partial charge in [0.1, 0.15) is 0 Å². The topological polar surface area (TPSA) is 20.2 Å². The van der Waals surface area contributed by atoms with E-state index in [-0.39, 0.29) is 25.8 Å². The summed E-state index contributed by atoms with van der Waals surface area (Å²) in [5, 5.41) is 9.83. The first-order valence-corrected chi connectivity index (χ1v) is 5.71. The maximum Gasteiger partial charge on any atom is 0 e. The van der Waals surface area contributed by atoms with E-state index in [0.717, 1.165) is 23.9 Å². The smallest absolute Gasteiger partial charge is 0 e. The van der Waals surface area contributed by atoms with E-state index in [1.165, 1.54) is 38.5 Å². The Kier molecular flexibility index (Phi) is 3.29. The van der Waals surface area contributed by atoms with Crippen molar-refractivity contribution in [3.63, 3.8) is 0 Å². The van der Waals surface area contributed by atoms with Crippen molar-refractivity contribution < 1.29 is 25.5 Å². The zero-order valence-electron chi connectivity index (χ0n) is 9.51. The molecule has 0 aromatic heterocycles. The van der Waals surface area contributed by atoms with Gasteiger partial charge in [0.15, 0.2) is 0 Å². The number of hydrogen-bond acceptors (Lipinski definition) is 1. The molecule has 1 radical (unpaired) electrons. The molecule has 0 aliphatic heterocycles. The summed E-state index contributed by atoms with van der Waals surface area (Å²) in [6.45, 7) is 1.94. The van der Waals surface area contributed by atoms with E-state index >= 15 is 0 Å². The van der Waals surface area contributed by atoms with Gasteiger partial charge in [-0.15, -0.1) is 5.41 Å². The molecule has 0 aromatic rings. The molecule has 0 saturated heterocycles. The van der Waals surface area contributed by atoms with E-state index in [1.807, 2.05) is 6.92 Å². The Bertz CT molecular complexity index is 194. The third-order valence-electron chi connectivity index (χ3n) is 4.81. The van der Waals surface area contributed by atoms with Crippen molar-refractivity contribution in [2.75, 3.05) is 0 Å². The van der Waals surface area contributed by atoms with Crippen molar-refractivity contribution in [1.82, 2.24) is 0 Å². The predicted octanol–water partition coefficient (Wildman–Crippen LogP) is 3.12. The summed E-state index contributed by atoms with van der Waals surface area (Å²) in [4.78, 5) is 0. The fraction of sp³-hybridized carbons (Fsp3) is 0.917. The van der Waals surface area contributed by atoms with Gasteiger partial charge >= 0.3 is 0 Å². The number of hydrogen-bond donors (Lipinski definition) is 1. The van der Waals surface area contributed by atoms with Crippen LogP contribution in [0.4, 0.5) is 0 Å². The van der Waals surface area contributed by atoms with Crippen LogP contribution in [0.3, 0.4) is 0 Å². The van der Waals surface area contributed by atoms with Crippen LogP contribution in [0.15, 0.2) is 0 Å². The summed E-state index contributed by atoms with van der Waals surface area (Å²) in [6, 6.07) is 0. The second-order valence-electron chi connectivity index (χ2n) is 5.78. The molecule has 4 fully saturated rings. The molecule has 0 unspecified atom stereocenters. The van der Waals surface area contributed by atoms with Crippen molar-refractivity contribution in [2.45, 2.75) is 45.4 Å². The molecule has 4 aliphatic carbocycles. The molecule has 0 atom stereocenters. The summed E-state index contributed by atoms with van der Waals surface area (Å²) >= 11 is 0. The molecule has 0 amide bonds. The van der Waals surface area contributed by atoms with Gasteiger partial charge in [-0.05, 0) is 37.0 Å². The van der Waals surface area contributed by atoms with Crippen LogP contribution in [0.5, 0.6) is 0 Å². The zero-order chi connectivity index (χ0) is 9.05. The Labute approximate surface area is 100 Å². The summed E-state index contributed by atoms with van der Waals surface area (Å²) in [7, 11) is 0. The second kappa shape index (κ2) is 3.89. The summed E-state index contributed by atoms with van der Waals surface area (Å²) in [6.07, 6.45) is 9.02. The van der Waals surface area contributed by atoms with Gasteiger partial charge in [0, 0.05) is 20.4 Å². The second-order valence-corrected chi connectivity index (χ2v) is 5.78. The van der Waals surface area contributed by atoms with Gasteiger partial charge in [-0.3, -0.25) is 0 Å². The third kappa shape index (κ3) is 1.73. The first-order chi connectivity index (χ1) is 6.18. The largest absolute Gasteiger partial charge is 0.563 e. The average molecular weight is 632 g/mol. The summed E-state index contributed by atoms with van der Waals surface area (Å²) in [5.74, 6) is 2.86. The van der Waals surface area contributed by atoms with Crippen LogP contribution in [0.2, 0.25) is 0 Å². The van der Waals surface area contributed by atoms with E-state index in [1.54, 1.807) is 0 Å². The van der Waals surface area contributed by atoms with Crippen LogP contribution in [0.1, 0.15) is 45.4 Å². The van der Waals surface area contributed by atoms with E-state index in [4.69, 9.17) is 0 Å². The molecule has 1 nitrogen and oxygen atoms in total. The molecule has 0 heterocycles. The monoisotopic (exact) mass is 633 g/mol. The number of aliphatic hydroxyl groups is 1. The molecule has 1 N–H and O–H groups in total. The molecule has 4 saturated carbocycles. The minimum atomic E-state index is 0. The number of rotatable bonds is 1. The Morgan fingerprint density at radius 3 is 1.60 bits per heavy atom. The van der Waals surface area contributed by atoms with Crippen molar-refractivity contribution in [3.8, 4) is 0 Å². The van der Waals surface area contributed by atoms with Gasteiger partial charge in [0.05, 0.1) is 0 Å². The van der Waals surface area contributed by atoms with E-state index in [2.05, 4.69) is 0 Å². The molecule has 15 heavy (non-hydrogen) atoms. The SMILES string of the molecule is C[C-](O)C12CC3CC(CC(C3)C1)C2.[Re].[Rf]. The maximum absolute atomic E-state index is 9.83. The van der Waals surface area contributed by atoms with Gasteiger partial charge in [0.2, 0.25) is 0 Å². The van der Waals surface area contributed by atoms with Crippen molar-refractivity contribution in [1.29, 1.82) is 0 Å². The molecule has 0 spiro atoms. The minimum Gasteiger partial charge on any atom is -0.563 e. The van der Waals surface area contributed by atoms with Crippen LogP contribution in [0.25, 0.3) is 0 Å². The molecule has 3 heteroatoms. The van der Waals surface area contributed by atoms with E-state index in [9.17, 15) is 5.11 Å².